The van der Waals surface area contributed by atoms with Crippen LogP contribution >= 0.6 is 11.8 Å². The number of ether oxygens (including phenoxy) is 2. The van der Waals surface area contributed by atoms with E-state index < -0.39 is 0 Å². The Morgan fingerprint density at radius 2 is 1.87 bits per heavy atom. The number of nitrogens with zero attached hydrogens (tertiary/aromatic N) is 4. The molecule has 0 saturated heterocycles. The Bertz CT molecular complexity index is 1270. The lowest BCUT2D eigenvalue weighted by Crippen LogP contribution is -2.23. The molecule has 4 rings (SSSR count). The van der Waals surface area contributed by atoms with E-state index in [0.717, 1.165) is 47.0 Å². The molecule has 0 aliphatic rings. The molecule has 0 radical (unpaired) electrons. The van der Waals surface area contributed by atoms with Crippen molar-refractivity contribution in [3.05, 3.63) is 58.4 Å². The Balaban J connectivity index is 1.77. The van der Waals surface area contributed by atoms with Crippen molar-refractivity contribution in [3.8, 4) is 11.5 Å². The van der Waals surface area contributed by atoms with Crippen LogP contribution in [-0.4, -0.2) is 33.4 Å². The third-order valence-electron chi connectivity index (χ3n) is 5.31. The van der Waals surface area contributed by atoms with Crippen molar-refractivity contribution in [2.24, 2.45) is 0 Å². The summed E-state index contributed by atoms with van der Waals surface area (Å²) in [5, 5.41) is 10.2. The van der Waals surface area contributed by atoms with Crippen LogP contribution in [0.5, 0.6) is 11.5 Å². The maximum Gasteiger partial charge on any atom is 0.262 e. The number of rotatable bonds is 9. The lowest BCUT2D eigenvalue weighted by atomic mass is 10.2. The highest BCUT2D eigenvalue weighted by Crippen LogP contribution is 2.31. The molecule has 2 aromatic heterocycles. The first kappa shape index (κ1) is 21.2. The predicted molar refractivity (Wildman–Crippen MR) is 123 cm³/mol. The Labute approximate surface area is 185 Å². The van der Waals surface area contributed by atoms with Gasteiger partial charge in [-0.2, -0.15) is 0 Å². The van der Waals surface area contributed by atoms with E-state index in [1.165, 1.54) is 0 Å². The summed E-state index contributed by atoms with van der Waals surface area (Å²) in [6.07, 6.45) is 3.09. The summed E-state index contributed by atoms with van der Waals surface area (Å²) >= 11 is 1.55. The lowest BCUT2D eigenvalue weighted by Gasteiger charge is -2.12. The van der Waals surface area contributed by atoms with Gasteiger partial charge in [-0.1, -0.05) is 43.7 Å². The van der Waals surface area contributed by atoms with Gasteiger partial charge in [0.2, 0.25) is 5.78 Å². The molecule has 2 heterocycles. The van der Waals surface area contributed by atoms with E-state index in [9.17, 15) is 4.79 Å². The molecule has 0 N–H and O–H groups in total. The van der Waals surface area contributed by atoms with Gasteiger partial charge in [0.1, 0.15) is 11.5 Å². The number of methoxy groups -OCH3 is 2. The van der Waals surface area contributed by atoms with Crippen molar-refractivity contribution >= 4 is 28.4 Å². The number of aryl methyl sites for hydroxylation is 1. The molecule has 0 aliphatic heterocycles. The van der Waals surface area contributed by atoms with Crippen LogP contribution in [0.4, 0.5) is 0 Å². The smallest absolute Gasteiger partial charge is 0.262 e. The van der Waals surface area contributed by atoms with Gasteiger partial charge in [-0.25, -0.2) is 0 Å². The standard InChI is InChI=1S/C23H26N4O3S/c1-4-5-8-13-26-21(28)18-9-6-7-10-19(18)27-22(26)24-25-23(27)31-15-16-14-17(29-2)11-12-20(16)30-3/h6-7,9-12,14H,4-5,8,13,15H2,1-3H3. The van der Waals surface area contributed by atoms with Crippen LogP contribution in [0.1, 0.15) is 31.7 Å². The first-order valence-electron chi connectivity index (χ1n) is 10.4. The van der Waals surface area contributed by atoms with E-state index in [2.05, 4.69) is 17.1 Å². The maximum absolute atomic E-state index is 13.1. The fourth-order valence-corrected chi connectivity index (χ4v) is 4.60. The number of hydrogen-bond acceptors (Lipinski definition) is 6. The predicted octanol–water partition coefficient (Wildman–Crippen LogP) is 4.54. The monoisotopic (exact) mass is 438 g/mol. The molecule has 0 unspecified atom stereocenters. The van der Waals surface area contributed by atoms with E-state index in [1.807, 2.05) is 46.9 Å². The molecule has 0 amide bonds. The maximum atomic E-state index is 13.1. The number of unbranched alkanes of at least 4 members (excludes halogenated alkanes) is 2. The Hall–Kier alpha value is -3.00. The van der Waals surface area contributed by atoms with Gasteiger partial charge in [0.05, 0.1) is 25.1 Å². The molecule has 0 spiro atoms. The molecule has 0 atom stereocenters. The molecule has 2 aromatic carbocycles. The van der Waals surface area contributed by atoms with Crippen LogP contribution in [0.15, 0.2) is 52.4 Å². The van der Waals surface area contributed by atoms with Gasteiger partial charge in [0, 0.05) is 17.9 Å². The van der Waals surface area contributed by atoms with Crippen molar-refractivity contribution < 1.29 is 9.47 Å². The van der Waals surface area contributed by atoms with Crippen LogP contribution < -0.4 is 15.0 Å². The molecule has 31 heavy (non-hydrogen) atoms. The van der Waals surface area contributed by atoms with Crippen molar-refractivity contribution in [2.75, 3.05) is 14.2 Å². The van der Waals surface area contributed by atoms with Crippen molar-refractivity contribution in [3.63, 3.8) is 0 Å². The number of fused-ring (bicyclic) bond motifs is 3. The van der Waals surface area contributed by atoms with E-state index in [0.29, 0.717) is 23.5 Å². The third-order valence-corrected chi connectivity index (χ3v) is 6.29. The minimum Gasteiger partial charge on any atom is -0.497 e. The highest BCUT2D eigenvalue weighted by Gasteiger charge is 2.17. The van der Waals surface area contributed by atoms with Gasteiger partial charge in [-0.3, -0.25) is 13.8 Å². The molecule has 8 heteroatoms. The van der Waals surface area contributed by atoms with Gasteiger partial charge in [-0.15, -0.1) is 10.2 Å². The van der Waals surface area contributed by atoms with Gasteiger partial charge < -0.3 is 9.47 Å². The molecular weight excluding hydrogens is 412 g/mol. The third kappa shape index (κ3) is 4.12. The van der Waals surface area contributed by atoms with Crippen molar-refractivity contribution in [1.82, 2.24) is 19.2 Å². The van der Waals surface area contributed by atoms with Gasteiger partial charge in [0.25, 0.3) is 5.56 Å². The Morgan fingerprint density at radius 3 is 2.65 bits per heavy atom. The van der Waals surface area contributed by atoms with E-state index >= 15 is 0 Å². The summed E-state index contributed by atoms with van der Waals surface area (Å²) in [5.41, 5.74) is 1.81. The highest BCUT2D eigenvalue weighted by atomic mass is 32.2. The summed E-state index contributed by atoms with van der Waals surface area (Å²) < 4.78 is 14.6. The quantitative estimate of drug-likeness (QED) is 0.282. The molecular formula is C23H26N4O3S. The Morgan fingerprint density at radius 1 is 1.03 bits per heavy atom. The van der Waals surface area contributed by atoms with Crippen LogP contribution in [0.3, 0.4) is 0 Å². The first-order valence-corrected chi connectivity index (χ1v) is 11.4. The number of hydrogen-bond donors (Lipinski definition) is 0. The second kappa shape index (κ2) is 9.43. The van der Waals surface area contributed by atoms with Crippen LogP contribution in [0.25, 0.3) is 16.7 Å². The average Bonchev–Trinajstić information content (AvgIpc) is 3.23. The number of aromatic nitrogens is 4. The fourth-order valence-electron chi connectivity index (χ4n) is 3.69. The Kier molecular flexibility index (Phi) is 6.46. The molecule has 162 valence electrons. The zero-order valence-electron chi connectivity index (χ0n) is 18.0. The van der Waals surface area contributed by atoms with Crippen LogP contribution in [0.2, 0.25) is 0 Å². The van der Waals surface area contributed by atoms with Gasteiger partial charge in [-0.05, 0) is 36.8 Å². The fraction of sp³-hybridized carbons (Fsp3) is 0.348. The van der Waals surface area contributed by atoms with E-state index in [4.69, 9.17) is 9.47 Å². The van der Waals surface area contributed by atoms with E-state index in [1.54, 1.807) is 30.5 Å². The number of thioether (sulfide) groups is 1. The molecule has 4 aromatic rings. The summed E-state index contributed by atoms with van der Waals surface area (Å²) in [7, 11) is 3.31. The second-order valence-electron chi connectivity index (χ2n) is 7.27. The minimum absolute atomic E-state index is 0.0161. The largest absolute Gasteiger partial charge is 0.497 e. The summed E-state index contributed by atoms with van der Waals surface area (Å²) in [6, 6.07) is 13.4. The van der Waals surface area contributed by atoms with Gasteiger partial charge >= 0.3 is 0 Å². The molecule has 7 nitrogen and oxygen atoms in total. The second-order valence-corrected chi connectivity index (χ2v) is 8.21. The van der Waals surface area contributed by atoms with Crippen molar-refractivity contribution in [2.45, 2.75) is 43.6 Å². The normalized spacial score (nSPS) is 11.3. The number of para-hydroxylation sites is 1. The molecule has 0 saturated carbocycles. The topological polar surface area (TPSA) is 70.7 Å². The highest BCUT2D eigenvalue weighted by molar-refractivity contribution is 7.98. The first-order chi connectivity index (χ1) is 15.2. The summed E-state index contributed by atoms with van der Waals surface area (Å²) in [5.74, 6) is 2.78. The summed E-state index contributed by atoms with van der Waals surface area (Å²) in [6.45, 7) is 2.78. The van der Waals surface area contributed by atoms with Crippen LogP contribution in [-0.2, 0) is 12.3 Å². The van der Waals surface area contributed by atoms with Crippen LogP contribution in [0, 0.1) is 0 Å². The van der Waals surface area contributed by atoms with Gasteiger partial charge in [0.15, 0.2) is 5.16 Å². The average molecular weight is 439 g/mol. The number of benzene rings is 2. The van der Waals surface area contributed by atoms with E-state index in [-0.39, 0.29) is 5.56 Å². The van der Waals surface area contributed by atoms with Crippen molar-refractivity contribution in [1.29, 1.82) is 0 Å². The lowest BCUT2D eigenvalue weighted by molar-refractivity contribution is 0.400. The molecule has 0 aliphatic carbocycles. The molecule has 0 bridgehead atoms. The summed E-state index contributed by atoms with van der Waals surface area (Å²) in [4.78, 5) is 13.1. The zero-order chi connectivity index (χ0) is 21.8. The minimum atomic E-state index is -0.0161. The SMILES string of the molecule is CCCCCn1c(=O)c2ccccc2n2c(SCc3cc(OC)ccc3OC)nnc12. The zero-order valence-corrected chi connectivity index (χ0v) is 18.8. The molecule has 0 fully saturated rings.